The third-order valence-corrected chi connectivity index (χ3v) is 17.0. The maximum absolute atomic E-state index is 6.51. The summed E-state index contributed by atoms with van der Waals surface area (Å²) in [7, 11) is 0. The van der Waals surface area contributed by atoms with Gasteiger partial charge in [0.2, 0.25) is 0 Å². The maximum Gasteiger partial charge on any atom is 0.0936 e. The molecule has 1 saturated heterocycles. The van der Waals surface area contributed by atoms with Crippen molar-refractivity contribution in [1.82, 2.24) is 4.90 Å². The highest BCUT2D eigenvalue weighted by Gasteiger charge is 2.54. The summed E-state index contributed by atoms with van der Waals surface area (Å²) < 4.78 is 25.2. The molecule has 5 aliphatic rings. The van der Waals surface area contributed by atoms with Crippen molar-refractivity contribution >= 4 is 0 Å². The van der Waals surface area contributed by atoms with E-state index in [0.717, 1.165) is 67.4 Å². The molecule has 1 aliphatic heterocycles. The summed E-state index contributed by atoms with van der Waals surface area (Å²) in [6.07, 6.45) is 44.6. The number of ether oxygens (including phenoxy) is 4. The van der Waals surface area contributed by atoms with Crippen LogP contribution >= 0.6 is 0 Å². The average molecular weight is 852 g/mol. The highest BCUT2D eigenvalue weighted by molar-refractivity contribution is 5.25. The number of unbranched alkanes of at least 4 members (excludes halogenated alkanes) is 12. The third-order valence-electron chi connectivity index (χ3n) is 17.0. The van der Waals surface area contributed by atoms with E-state index in [4.69, 9.17) is 18.9 Å². The zero-order valence-corrected chi connectivity index (χ0v) is 41.3. The molecule has 0 aromatic heterocycles. The Balaban J connectivity index is 0.897. The van der Waals surface area contributed by atoms with Crippen molar-refractivity contribution < 1.29 is 18.9 Å². The van der Waals surface area contributed by atoms with Crippen LogP contribution in [0.4, 0.5) is 0 Å². The molecule has 0 aromatic carbocycles. The molecule has 0 spiro atoms. The quantitative estimate of drug-likeness (QED) is 0.0486. The summed E-state index contributed by atoms with van der Waals surface area (Å²) in [5, 5.41) is 0. The van der Waals surface area contributed by atoms with Crippen LogP contribution in [0.1, 0.15) is 215 Å². The van der Waals surface area contributed by atoms with E-state index in [1.54, 1.807) is 5.57 Å². The second-order valence-electron chi connectivity index (χ2n) is 21.9. The summed E-state index contributed by atoms with van der Waals surface area (Å²) in [6, 6.07) is 0.645. The molecule has 4 aliphatic carbocycles. The molecule has 0 amide bonds. The summed E-state index contributed by atoms with van der Waals surface area (Å²) in [5.74, 6) is 6.57. The fourth-order valence-electron chi connectivity index (χ4n) is 13.2. The molecule has 61 heavy (non-hydrogen) atoms. The molecular weight excluding hydrogens is 751 g/mol. The minimum absolute atomic E-state index is 0.114. The van der Waals surface area contributed by atoms with Gasteiger partial charge in [0.25, 0.3) is 0 Å². The minimum atomic E-state index is 0.114. The van der Waals surface area contributed by atoms with Gasteiger partial charge in [-0.2, -0.15) is 0 Å². The molecule has 3 saturated carbocycles. The van der Waals surface area contributed by atoms with Crippen LogP contribution in [0.15, 0.2) is 23.8 Å². The van der Waals surface area contributed by atoms with Crippen molar-refractivity contribution in [1.29, 1.82) is 0 Å². The highest BCUT2D eigenvalue weighted by Crippen LogP contribution is 2.63. The Labute approximate surface area is 379 Å². The Kier molecular flexibility index (Phi) is 24.4. The molecule has 354 valence electrons. The lowest BCUT2D eigenvalue weighted by Gasteiger charge is -2.55. The van der Waals surface area contributed by atoms with Crippen molar-refractivity contribution in [3.8, 4) is 0 Å². The van der Waals surface area contributed by atoms with E-state index < -0.39 is 0 Å². The molecule has 5 heteroatoms. The van der Waals surface area contributed by atoms with E-state index in [9.17, 15) is 0 Å². The first kappa shape index (κ1) is 51.3. The highest BCUT2D eigenvalue weighted by atomic mass is 16.6. The van der Waals surface area contributed by atoms with Gasteiger partial charge >= 0.3 is 0 Å². The lowest BCUT2D eigenvalue weighted by molar-refractivity contribution is -0.0653. The van der Waals surface area contributed by atoms with Crippen molar-refractivity contribution in [2.24, 2.45) is 46.8 Å². The van der Waals surface area contributed by atoms with Crippen LogP contribution in [0.25, 0.3) is 0 Å². The number of hydrogen-bond acceptors (Lipinski definition) is 5. The van der Waals surface area contributed by atoms with Gasteiger partial charge in [0.1, 0.15) is 0 Å². The van der Waals surface area contributed by atoms with Crippen LogP contribution in [-0.4, -0.2) is 75.9 Å². The largest absolute Gasteiger partial charge is 0.379 e. The van der Waals surface area contributed by atoms with E-state index in [1.165, 1.54) is 167 Å². The normalized spacial score (nSPS) is 30.1. The predicted molar refractivity (Wildman–Crippen MR) is 259 cm³/mol. The fraction of sp³-hybridized carbons (Fsp3) is 0.929. The summed E-state index contributed by atoms with van der Waals surface area (Å²) in [6.45, 7) is 21.0. The van der Waals surface area contributed by atoms with Crippen molar-refractivity contribution in [2.45, 2.75) is 233 Å². The van der Waals surface area contributed by atoms with Gasteiger partial charge in [-0.15, -0.1) is 0 Å². The van der Waals surface area contributed by atoms with E-state index in [-0.39, 0.29) is 6.10 Å². The number of hydrogen-bond donors (Lipinski definition) is 0. The Morgan fingerprint density at radius 2 is 1.44 bits per heavy atom. The summed E-state index contributed by atoms with van der Waals surface area (Å²) in [4.78, 5) is 2.59. The molecule has 0 bridgehead atoms. The zero-order chi connectivity index (χ0) is 43.1. The van der Waals surface area contributed by atoms with Gasteiger partial charge in [0.15, 0.2) is 0 Å². The molecule has 3 unspecified atom stereocenters. The van der Waals surface area contributed by atoms with Crippen LogP contribution in [-0.2, 0) is 18.9 Å². The van der Waals surface area contributed by atoms with E-state index in [1.807, 2.05) is 0 Å². The van der Waals surface area contributed by atoms with E-state index in [0.29, 0.717) is 50.6 Å². The van der Waals surface area contributed by atoms with Crippen LogP contribution < -0.4 is 0 Å². The van der Waals surface area contributed by atoms with Crippen molar-refractivity contribution in [3.05, 3.63) is 23.8 Å². The molecule has 5 rings (SSSR count). The molecule has 0 aromatic rings. The predicted octanol–water partition coefficient (Wildman–Crippen LogP) is 15.0. The number of fused-ring (bicyclic) bond motifs is 5. The van der Waals surface area contributed by atoms with Crippen LogP contribution in [0.5, 0.6) is 0 Å². The topological polar surface area (TPSA) is 40.2 Å². The first-order valence-electron chi connectivity index (χ1n) is 27.3. The molecule has 0 radical (unpaired) electrons. The minimum Gasteiger partial charge on any atom is -0.379 e. The summed E-state index contributed by atoms with van der Waals surface area (Å²) >= 11 is 0. The zero-order valence-electron chi connectivity index (χ0n) is 41.3. The number of allylic oxidation sites excluding steroid dienone is 3. The number of likely N-dealkylation sites (tertiary alicyclic amines) is 1. The Morgan fingerprint density at radius 1 is 0.721 bits per heavy atom. The molecule has 4 fully saturated rings. The van der Waals surface area contributed by atoms with E-state index >= 15 is 0 Å². The second kappa shape index (κ2) is 29.0. The third kappa shape index (κ3) is 17.2. The fourth-order valence-corrected chi connectivity index (χ4v) is 13.2. The SMILES string of the molecule is CCCCCCCC/C=C\CCCCCCCCOCC(CN1CCCC1C)OCCOCCO[C@H]1CC[C@@]2(C)C(=CC[C@H]3[C@@H]4CC[C@H]([C@H](C)CCCC(C)C)C4CC[C@@H]32)C1. The lowest BCUT2D eigenvalue weighted by atomic mass is 9.50. The van der Waals surface area contributed by atoms with Crippen molar-refractivity contribution in [2.75, 3.05) is 52.7 Å². The Morgan fingerprint density at radius 3 is 2.18 bits per heavy atom. The smallest absolute Gasteiger partial charge is 0.0936 e. The van der Waals surface area contributed by atoms with Crippen LogP contribution in [0, 0.1) is 46.8 Å². The number of nitrogens with zero attached hydrogens (tertiary/aromatic N) is 1. The first-order chi connectivity index (χ1) is 29.8. The van der Waals surface area contributed by atoms with E-state index in [2.05, 4.69) is 64.7 Å². The average Bonchev–Trinajstić information content (AvgIpc) is 3.88. The van der Waals surface area contributed by atoms with Gasteiger partial charge in [-0.1, -0.05) is 135 Å². The Hall–Kier alpha value is -0.720. The first-order valence-corrected chi connectivity index (χ1v) is 27.3. The molecule has 5 nitrogen and oxygen atoms in total. The maximum atomic E-state index is 6.51. The van der Waals surface area contributed by atoms with Gasteiger partial charge in [-0.25, -0.2) is 0 Å². The van der Waals surface area contributed by atoms with Gasteiger partial charge in [-0.05, 0) is 157 Å². The molecule has 0 N–H and O–H groups in total. The van der Waals surface area contributed by atoms with Gasteiger partial charge in [-0.3, -0.25) is 4.90 Å². The standard InChI is InChI=1S/C56H101NO4/c1-7-8-9-10-11-12-13-14-15-16-17-18-19-20-21-22-37-59-44-50(43-57-36-24-27-47(57)5)61-41-39-58-38-40-60-49-34-35-56(6)48(42-49)28-29-54-53-31-30-51(52(53)32-33-55(54)56)46(4)26-23-25-45(2)3/h14-15,28,45-47,49-55H,7-13,16-27,29-44H2,1-6H3/b15-14-/t46-,47?,49+,50?,51-,52?,53-,54+,55+,56+/m1/s1. The molecule has 1 heterocycles. The van der Waals surface area contributed by atoms with Gasteiger partial charge < -0.3 is 18.9 Å². The molecular formula is C56H101NO4. The monoisotopic (exact) mass is 852 g/mol. The van der Waals surface area contributed by atoms with Crippen LogP contribution in [0.2, 0.25) is 0 Å². The molecule has 10 atom stereocenters. The lowest BCUT2D eigenvalue weighted by Crippen LogP contribution is -2.48. The summed E-state index contributed by atoms with van der Waals surface area (Å²) in [5.41, 5.74) is 2.14. The second-order valence-corrected chi connectivity index (χ2v) is 21.9. The van der Waals surface area contributed by atoms with Gasteiger partial charge in [0.05, 0.1) is 45.2 Å². The Bertz CT molecular complexity index is 1200. The van der Waals surface area contributed by atoms with Crippen LogP contribution in [0.3, 0.4) is 0 Å². The number of rotatable bonds is 33. The van der Waals surface area contributed by atoms with Crippen molar-refractivity contribution in [3.63, 3.8) is 0 Å². The van der Waals surface area contributed by atoms with Gasteiger partial charge in [0, 0.05) is 19.2 Å².